The van der Waals surface area contributed by atoms with E-state index in [4.69, 9.17) is 0 Å². The molecule has 1 fully saturated rings. The third kappa shape index (κ3) is 3.67. The standard InChI is InChI=1S/C17H20N2O3S2/c1-2-9-19(14-8-10-24(21,22)12-14)17(20)15-11-23-16(18-15)13-6-4-3-5-7-13/h3-7,11,14H,2,8-10,12H2,1H3/t14-/m0/s1. The summed E-state index contributed by atoms with van der Waals surface area (Å²) in [4.78, 5) is 19.0. The average Bonchev–Trinajstić information content (AvgIpc) is 3.19. The van der Waals surface area contributed by atoms with Crippen molar-refractivity contribution in [2.24, 2.45) is 0 Å². The van der Waals surface area contributed by atoms with Crippen molar-refractivity contribution < 1.29 is 13.2 Å². The highest BCUT2D eigenvalue weighted by molar-refractivity contribution is 7.91. The number of amides is 1. The highest BCUT2D eigenvalue weighted by Gasteiger charge is 2.35. The maximum absolute atomic E-state index is 12.9. The third-order valence-corrected chi connectivity index (χ3v) is 6.76. The Morgan fingerprint density at radius 2 is 2.08 bits per heavy atom. The highest BCUT2D eigenvalue weighted by Crippen LogP contribution is 2.25. The zero-order valence-electron chi connectivity index (χ0n) is 13.5. The molecule has 128 valence electrons. The van der Waals surface area contributed by atoms with Gasteiger partial charge in [0.2, 0.25) is 0 Å². The van der Waals surface area contributed by atoms with Crippen LogP contribution in [0.2, 0.25) is 0 Å². The molecule has 1 saturated heterocycles. The minimum absolute atomic E-state index is 0.0639. The summed E-state index contributed by atoms with van der Waals surface area (Å²) in [5.41, 5.74) is 1.38. The zero-order chi connectivity index (χ0) is 17.2. The summed E-state index contributed by atoms with van der Waals surface area (Å²) in [6.07, 6.45) is 1.31. The smallest absolute Gasteiger partial charge is 0.273 e. The second-order valence-corrected chi connectivity index (χ2v) is 9.05. The van der Waals surface area contributed by atoms with Crippen molar-refractivity contribution in [2.45, 2.75) is 25.8 Å². The van der Waals surface area contributed by atoms with Gasteiger partial charge in [-0.15, -0.1) is 11.3 Å². The molecule has 1 aromatic carbocycles. The van der Waals surface area contributed by atoms with Gasteiger partial charge in [-0.05, 0) is 12.8 Å². The quantitative estimate of drug-likeness (QED) is 0.818. The van der Waals surface area contributed by atoms with Gasteiger partial charge in [-0.3, -0.25) is 4.79 Å². The fraction of sp³-hybridized carbons (Fsp3) is 0.412. The molecule has 0 radical (unpaired) electrons. The molecule has 1 aliphatic rings. The first-order valence-electron chi connectivity index (χ1n) is 8.02. The van der Waals surface area contributed by atoms with Crippen LogP contribution in [0.3, 0.4) is 0 Å². The highest BCUT2D eigenvalue weighted by atomic mass is 32.2. The van der Waals surface area contributed by atoms with Gasteiger partial charge in [0, 0.05) is 23.5 Å². The molecule has 1 aliphatic heterocycles. The van der Waals surface area contributed by atoms with Crippen LogP contribution in [-0.2, 0) is 9.84 Å². The van der Waals surface area contributed by atoms with Crippen molar-refractivity contribution in [1.29, 1.82) is 0 Å². The number of hydrogen-bond acceptors (Lipinski definition) is 5. The summed E-state index contributed by atoms with van der Waals surface area (Å²) in [7, 11) is -3.02. The van der Waals surface area contributed by atoms with Crippen molar-refractivity contribution in [1.82, 2.24) is 9.88 Å². The van der Waals surface area contributed by atoms with E-state index in [-0.39, 0.29) is 23.5 Å². The second-order valence-electron chi connectivity index (χ2n) is 5.96. The van der Waals surface area contributed by atoms with E-state index in [1.165, 1.54) is 11.3 Å². The summed E-state index contributed by atoms with van der Waals surface area (Å²) >= 11 is 1.43. The Morgan fingerprint density at radius 3 is 2.71 bits per heavy atom. The summed E-state index contributed by atoms with van der Waals surface area (Å²) in [5, 5.41) is 2.56. The Hall–Kier alpha value is -1.73. The van der Waals surface area contributed by atoms with Crippen molar-refractivity contribution in [3.8, 4) is 10.6 Å². The van der Waals surface area contributed by atoms with Crippen LogP contribution in [0.5, 0.6) is 0 Å². The van der Waals surface area contributed by atoms with Crippen LogP contribution < -0.4 is 0 Å². The van der Waals surface area contributed by atoms with E-state index in [1.54, 1.807) is 10.3 Å². The number of sulfone groups is 1. The number of rotatable bonds is 5. The van der Waals surface area contributed by atoms with Gasteiger partial charge in [0.25, 0.3) is 5.91 Å². The molecule has 1 aromatic heterocycles. The van der Waals surface area contributed by atoms with E-state index in [9.17, 15) is 13.2 Å². The molecule has 1 amide bonds. The first-order chi connectivity index (χ1) is 11.5. The molecule has 0 N–H and O–H groups in total. The van der Waals surface area contributed by atoms with Gasteiger partial charge in [-0.2, -0.15) is 0 Å². The number of carbonyl (C=O) groups is 1. The van der Waals surface area contributed by atoms with Crippen LogP contribution in [0.25, 0.3) is 10.6 Å². The summed E-state index contributed by atoms with van der Waals surface area (Å²) < 4.78 is 23.5. The van der Waals surface area contributed by atoms with Gasteiger partial charge in [0.1, 0.15) is 10.7 Å². The average molecular weight is 364 g/mol. The zero-order valence-corrected chi connectivity index (χ0v) is 15.1. The molecule has 0 spiro atoms. The Morgan fingerprint density at radius 1 is 1.33 bits per heavy atom. The van der Waals surface area contributed by atoms with Crippen LogP contribution in [0.1, 0.15) is 30.3 Å². The fourth-order valence-electron chi connectivity index (χ4n) is 2.94. The maximum atomic E-state index is 12.9. The molecule has 0 saturated carbocycles. The molecule has 0 aliphatic carbocycles. The van der Waals surface area contributed by atoms with Gasteiger partial charge in [-0.1, -0.05) is 37.3 Å². The lowest BCUT2D eigenvalue weighted by atomic mass is 10.2. The first kappa shape index (κ1) is 17.1. The maximum Gasteiger partial charge on any atom is 0.273 e. The van der Waals surface area contributed by atoms with E-state index in [0.717, 1.165) is 17.0 Å². The lowest BCUT2D eigenvalue weighted by molar-refractivity contribution is 0.0692. The number of carbonyl (C=O) groups excluding carboxylic acids is 1. The van der Waals surface area contributed by atoms with Crippen molar-refractivity contribution in [3.05, 3.63) is 41.4 Å². The second kappa shape index (κ2) is 7.03. The molecule has 2 aromatic rings. The SMILES string of the molecule is CCCN(C(=O)c1csc(-c2ccccc2)n1)[C@H]1CCS(=O)(=O)C1. The number of benzene rings is 1. The molecule has 3 rings (SSSR count). The van der Waals surface area contributed by atoms with Gasteiger partial charge in [-0.25, -0.2) is 13.4 Å². The Kier molecular flexibility index (Phi) is 5.01. The summed E-state index contributed by atoms with van der Waals surface area (Å²) in [6, 6.07) is 9.49. The molecule has 5 nitrogen and oxygen atoms in total. The topological polar surface area (TPSA) is 67.3 Å². The van der Waals surface area contributed by atoms with Crippen molar-refractivity contribution >= 4 is 27.1 Å². The molecule has 2 heterocycles. The third-order valence-electron chi connectivity index (χ3n) is 4.12. The van der Waals surface area contributed by atoms with Crippen LogP contribution in [0, 0.1) is 0 Å². The number of nitrogens with zero attached hydrogens (tertiary/aromatic N) is 2. The first-order valence-corrected chi connectivity index (χ1v) is 10.7. The van der Waals surface area contributed by atoms with E-state index < -0.39 is 9.84 Å². The van der Waals surface area contributed by atoms with E-state index in [1.807, 2.05) is 37.3 Å². The molecule has 24 heavy (non-hydrogen) atoms. The van der Waals surface area contributed by atoms with Crippen molar-refractivity contribution in [3.63, 3.8) is 0 Å². The van der Waals surface area contributed by atoms with Crippen LogP contribution in [0.15, 0.2) is 35.7 Å². The number of thiazole rings is 1. The largest absolute Gasteiger partial charge is 0.333 e. The van der Waals surface area contributed by atoms with E-state index in [0.29, 0.717) is 18.7 Å². The number of hydrogen-bond donors (Lipinski definition) is 0. The number of aromatic nitrogens is 1. The van der Waals surface area contributed by atoms with Gasteiger partial charge in [0.15, 0.2) is 9.84 Å². The molecule has 1 atom stereocenters. The predicted molar refractivity (Wildman–Crippen MR) is 95.9 cm³/mol. The molecule has 7 heteroatoms. The fourth-order valence-corrected chi connectivity index (χ4v) is 5.48. The monoisotopic (exact) mass is 364 g/mol. The lowest BCUT2D eigenvalue weighted by Gasteiger charge is -2.27. The minimum Gasteiger partial charge on any atom is -0.333 e. The van der Waals surface area contributed by atoms with Gasteiger partial charge < -0.3 is 4.90 Å². The van der Waals surface area contributed by atoms with E-state index in [2.05, 4.69) is 4.98 Å². The normalized spacial score (nSPS) is 19.3. The molecule has 0 bridgehead atoms. The van der Waals surface area contributed by atoms with Gasteiger partial charge in [0.05, 0.1) is 11.5 Å². The van der Waals surface area contributed by atoms with E-state index >= 15 is 0 Å². The Labute approximate surface area is 146 Å². The van der Waals surface area contributed by atoms with Crippen LogP contribution >= 0.6 is 11.3 Å². The van der Waals surface area contributed by atoms with Gasteiger partial charge >= 0.3 is 0 Å². The van der Waals surface area contributed by atoms with Crippen LogP contribution in [0.4, 0.5) is 0 Å². The molecular weight excluding hydrogens is 344 g/mol. The summed E-state index contributed by atoms with van der Waals surface area (Å²) in [6.45, 7) is 2.54. The minimum atomic E-state index is -3.02. The van der Waals surface area contributed by atoms with Crippen molar-refractivity contribution in [2.75, 3.05) is 18.1 Å². The molecule has 0 unspecified atom stereocenters. The Balaban J connectivity index is 1.82. The lowest BCUT2D eigenvalue weighted by Crippen LogP contribution is -2.41. The van der Waals surface area contributed by atoms with Crippen LogP contribution in [-0.4, -0.2) is 48.3 Å². The molecular formula is C17H20N2O3S2. The Bertz CT molecular complexity index is 815. The predicted octanol–water partition coefficient (Wildman–Crippen LogP) is 2.85. The summed E-state index contributed by atoms with van der Waals surface area (Å²) in [5.74, 6) is 0.0590.